The summed E-state index contributed by atoms with van der Waals surface area (Å²) in [5, 5.41) is 18.7. The van der Waals surface area contributed by atoms with Crippen LogP contribution in [0.1, 0.15) is 26.7 Å². The quantitative estimate of drug-likeness (QED) is 0.707. The van der Waals surface area contributed by atoms with Crippen molar-refractivity contribution in [2.75, 3.05) is 0 Å². The Hall–Kier alpha value is -0.843. The fraction of sp³-hybridized carbons (Fsp3) is 0.818. The number of aliphatic carboxylic acids is 2. The monoisotopic (exact) mass is 246 g/mol. The number of rotatable bonds is 6. The molecule has 1 atom stereocenters. The summed E-state index contributed by atoms with van der Waals surface area (Å²) >= 11 is 0. The van der Waals surface area contributed by atoms with Gasteiger partial charge in [-0.2, -0.15) is 0 Å². The molecule has 0 bridgehead atoms. The zero-order valence-electron chi connectivity index (χ0n) is 10.7. The second-order valence-corrected chi connectivity index (χ2v) is 10.6. The van der Waals surface area contributed by atoms with Crippen molar-refractivity contribution in [3.63, 3.8) is 0 Å². The Labute approximate surface area is 97.7 Å². The second kappa shape index (κ2) is 4.99. The van der Waals surface area contributed by atoms with Crippen molar-refractivity contribution in [1.29, 1.82) is 0 Å². The third kappa shape index (κ3) is 2.64. The van der Waals surface area contributed by atoms with Gasteiger partial charge in [-0.1, -0.05) is 33.5 Å². The molecule has 16 heavy (non-hydrogen) atoms. The zero-order chi connectivity index (χ0) is 13.1. The summed E-state index contributed by atoms with van der Waals surface area (Å²) in [6, 6.07) is 0. The summed E-state index contributed by atoms with van der Waals surface area (Å²) in [4.78, 5) is 22.8. The maximum absolute atomic E-state index is 11.4. The molecule has 94 valence electrons. The molecule has 0 fully saturated rings. The van der Waals surface area contributed by atoms with E-state index < -0.39 is 31.0 Å². The SMILES string of the molecule is CCC(CC)(C(=O)O)C(C(=O)O)[Si](C)(C)C. The molecule has 0 spiro atoms. The maximum Gasteiger partial charge on any atom is 0.310 e. The highest BCUT2D eigenvalue weighted by Gasteiger charge is 2.52. The van der Waals surface area contributed by atoms with Gasteiger partial charge in [0, 0.05) is 0 Å². The van der Waals surface area contributed by atoms with Crippen LogP contribution in [-0.4, -0.2) is 30.2 Å². The minimum atomic E-state index is -2.07. The van der Waals surface area contributed by atoms with Gasteiger partial charge in [0.25, 0.3) is 0 Å². The molecule has 2 N–H and O–H groups in total. The second-order valence-electron chi connectivity index (χ2n) is 5.31. The summed E-state index contributed by atoms with van der Waals surface area (Å²) < 4.78 is 0. The first kappa shape index (κ1) is 15.2. The lowest BCUT2D eigenvalue weighted by Crippen LogP contribution is -2.49. The van der Waals surface area contributed by atoms with Crippen LogP contribution >= 0.6 is 0 Å². The van der Waals surface area contributed by atoms with E-state index in [4.69, 9.17) is 0 Å². The van der Waals surface area contributed by atoms with E-state index in [0.29, 0.717) is 12.8 Å². The Kier molecular flexibility index (Phi) is 4.73. The van der Waals surface area contributed by atoms with E-state index >= 15 is 0 Å². The number of hydrogen-bond acceptors (Lipinski definition) is 2. The van der Waals surface area contributed by atoms with Gasteiger partial charge < -0.3 is 10.2 Å². The predicted octanol–water partition coefficient (Wildman–Crippen LogP) is 2.67. The van der Waals surface area contributed by atoms with Crippen LogP contribution in [0.2, 0.25) is 25.2 Å². The minimum Gasteiger partial charge on any atom is -0.481 e. The van der Waals surface area contributed by atoms with Crippen LogP contribution in [0.3, 0.4) is 0 Å². The Morgan fingerprint density at radius 3 is 1.56 bits per heavy atom. The highest BCUT2D eigenvalue weighted by atomic mass is 28.3. The highest BCUT2D eigenvalue weighted by molar-refractivity contribution is 6.80. The van der Waals surface area contributed by atoms with Crippen LogP contribution in [0.5, 0.6) is 0 Å². The molecular formula is C11H22O4Si. The van der Waals surface area contributed by atoms with Crippen molar-refractivity contribution < 1.29 is 19.8 Å². The van der Waals surface area contributed by atoms with E-state index in [2.05, 4.69) is 0 Å². The molecule has 0 radical (unpaired) electrons. The summed E-state index contributed by atoms with van der Waals surface area (Å²) in [7, 11) is -2.07. The van der Waals surface area contributed by atoms with Crippen molar-refractivity contribution in [2.45, 2.75) is 51.9 Å². The molecule has 0 aromatic carbocycles. The lowest BCUT2D eigenvalue weighted by Gasteiger charge is -2.39. The number of hydrogen-bond donors (Lipinski definition) is 2. The van der Waals surface area contributed by atoms with Crippen molar-refractivity contribution >= 4 is 20.0 Å². The standard InChI is InChI=1S/C11H22O4Si/c1-6-11(7-2,10(14)15)8(9(12)13)16(3,4)5/h8H,6-7H2,1-5H3,(H,12,13)(H,14,15). The lowest BCUT2D eigenvalue weighted by molar-refractivity contribution is -0.156. The molecule has 0 aromatic rings. The van der Waals surface area contributed by atoms with Gasteiger partial charge in [-0.05, 0) is 12.8 Å². The fourth-order valence-corrected chi connectivity index (χ4v) is 5.45. The largest absolute Gasteiger partial charge is 0.481 e. The van der Waals surface area contributed by atoms with Crippen molar-refractivity contribution in [3.05, 3.63) is 0 Å². The van der Waals surface area contributed by atoms with E-state index in [0.717, 1.165) is 0 Å². The topological polar surface area (TPSA) is 74.6 Å². The van der Waals surface area contributed by atoms with Crippen LogP contribution in [0, 0.1) is 5.41 Å². The normalized spacial score (nSPS) is 14.6. The van der Waals surface area contributed by atoms with Crippen LogP contribution in [-0.2, 0) is 9.59 Å². The van der Waals surface area contributed by atoms with Crippen molar-refractivity contribution in [2.24, 2.45) is 5.41 Å². The van der Waals surface area contributed by atoms with Crippen molar-refractivity contribution in [1.82, 2.24) is 0 Å². The molecule has 0 aliphatic heterocycles. The Morgan fingerprint density at radius 1 is 1.12 bits per heavy atom. The lowest BCUT2D eigenvalue weighted by atomic mass is 9.78. The molecule has 0 rings (SSSR count). The fourth-order valence-electron chi connectivity index (χ4n) is 2.52. The van der Waals surface area contributed by atoms with Crippen LogP contribution in [0.4, 0.5) is 0 Å². The molecule has 0 heterocycles. The van der Waals surface area contributed by atoms with Crippen molar-refractivity contribution in [3.8, 4) is 0 Å². The zero-order valence-corrected chi connectivity index (χ0v) is 11.7. The average molecular weight is 246 g/mol. The Balaban J connectivity index is 5.62. The third-order valence-electron chi connectivity index (χ3n) is 3.35. The molecule has 0 aromatic heterocycles. The van der Waals surface area contributed by atoms with E-state index in [-0.39, 0.29) is 0 Å². The molecule has 0 saturated heterocycles. The molecule has 0 saturated carbocycles. The van der Waals surface area contributed by atoms with E-state index in [1.807, 2.05) is 19.6 Å². The van der Waals surface area contributed by atoms with E-state index in [9.17, 15) is 19.8 Å². The maximum atomic E-state index is 11.4. The van der Waals surface area contributed by atoms with Gasteiger partial charge >= 0.3 is 11.9 Å². The number of carboxylic acids is 2. The van der Waals surface area contributed by atoms with Gasteiger partial charge in [0.2, 0.25) is 0 Å². The highest BCUT2D eigenvalue weighted by Crippen LogP contribution is 2.45. The molecule has 5 heteroatoms. The molecular weight excluding hydrogens is 224 g/mol. The number of carboxylic acid groups (broad SMARTS) is 2. The van der Waals surface area contributed by atoms with Gasteiger partial charge in [0.05, 0.1) is 19.0 Å². The minimum absolute atomic E-state index is 0.361. The first-order valence-electron chi connectivity index (χ1n) is 5.59. The first-order chi connectivity index (χ1) is 7.13. The first-order valence-corrected chi connectivity index (χ1v) is 9.17. The summed E-state index contributed by atoms with van der Waals surface area (Å²) in [5.41, 5.74) is -1.86. The van der Waals surface area contributed by atoms with E-state index in [1.54, 1.807) is 13.8 Å². The number of carbonyl (C=O) groups is 2. The predicted molar refractivity (Wildman–Crippen MR) is 65.4 cm³/mol. The van der Waals surface area contributed by atoms with Gasteiger partial charge in [0.15, 0.2) is 0 Å². The molecule has 0 aliphatic rings. The Bertz CT molecular complexity index is 276. The Morgan fingerprint density at radius 2 is 1.50 bits per heavy atom. The van der Waals surface area contributed by atoms with E-state index in [1.165, 1.54) is 0 Å². The molecule has 4 nitrogen and oxygen atoms in total. The smallest absolute Gasteiger partial charge is 0.310 e. The van der Waals surface area contributed by atoms with Gasteiger partial charge in [0.1, 0.15) is 0 Å². The van der Waals surface area contributed by atoms with Crippen LogP contribution in [0.25, 0.3) is 0 Å². The van der Waals surface area contributed by atoms with Crippen LogP contribution in [0.15, 0.2) is 0 Å². The van der Waals surface area contributed by atoms with Crippen LogP contribution < -0.4 is 0 Å². The third-order valence-corrected chi connectivity index (χ3v) is 5.88. The van der Waals surface area contributed by atoms with Gasteiger partial charge in [-0.3, -0.25) is 9.59 Å². The van der Waals surface area contributed by atoms with Gasteiger partial charge in [-0.25, -0.2) is 0 Å². The summed E-state index contributed by atoms with van der Waals surface area (Å²) in [6.45, 7) is 9.25. The van der Waals surface area contributed by atoms with Gasteiger partial charge in [-0.15, -0.1) is 0 Å². The average Bonchev–Trinajstić information content (AvgIpc) is 2.10. The summed E-state index contributed by atoms with van der Waals surface area (Å²) in [5.74, 6) is -1.95. The molecule has 0 amide bonds. The molecule has 1 unspecified atom stereocenters. The molecule has 0 aliphatic carbocycles. The summed E-state index contributed by atoms with van der Waals surface area (Å²) in [6.07, 6.45) is 0.722.